The zero-order chi connectivity index (χ0) is 13.7. The van der Waals surface area contributed by atoms with Gasteiger partial charge in [-0.25, -0.2) is 4.79 Å². The van der Waals surface area contributed by atoms with Gasteiger partial charge in [0.1, 0.15) is 0 Å². The molecule has 19 heavy (non-hydrogen) atoms. The summed E-state index contributed by atoms with van der Waals surface area (Å²) in [6, 6.07) is 10.2. The molecule has 1 aromatic heterocycles. The Morgan fingerprint density at radius 2 is 1.63 bits per heavy atom. The molecule has 2 aromatic rings. The third kappa shape index (κ3) is 3.48. The minimum absolute atomic E-state index is 0.220. The van der Waals surface area contributed by atoms with Crippen LogP contribution >= 0.6 is 0 Å². The molecule has 0 spiro atoms. The van der Waals surface area contributed by atoms with Crippen molar-refractivity contribution in [1.82, 2.24) is 4.98 Å². The average Bonchev–Trinajstić information content (AvgIpc) is 2.46. The number of rotatable bonds is 4. The standard InChI is InChI=1S/C15H13NO3/c1-11-2-4-12(5-3-11)14(17)10-19-15(18)13-6-8-16-9-7-13/h2-9H,10H2,1H3. The maximum absolute atomic E-state index is 11.8. The molecule has 4 heteroatoms. The molecule has 96 valence electrons. The second kappa shape index (κ2) is 5.91. The van der Waals surface area contributed by atoms with Crippen molar-refractivity contribution in [2.75, 3.05) is 6.61 Å². The second-order valence-corrected chi connectivity index (χ2v) is 4.10. The van der Waals surface area contributed by atoms with Crippen molar-refractivity contribution in [2.24, 2.45) is 0 Å². The zero-order valence-corrected chi connectivity index (χ0v) is 10.5. The Hall–Kier alpha value is -2.49. The highest BCUT2D eigenvalue weighted by Crippen LogP contribution is 2.05. The molecule has 0 saturated heterocycles. The zero-order valence-electron chi connectivity index (χ0n) is 10.5. The molecule has 2 rings (SSSR count). The van der Waals surface area contributed by atoms with Gasteiger partial charge in [0.15, 0.2) is 12.4 Å². The Labute approximate surface area is 111 Å². The summed E-state index contributed by atoms with van der Waals surface area (Å²) >= 11 is 0. The van der Waals surface area contributed by atoms with Gasteiger partial charge in [-0.15, -0.1) is 0 Å². The normalized spacial score (nSPS) is 9.95. The topological polar surface area (TPSA) is 56.3 Å². The Morgan fingerprint density at radius 3 is 2.26 bits per heavy atom. The highest BCUT2D eigenvalue weighted by Gasteiger charge is 2.11. The Bertz CT molecular complexity index is 576. The van der Waals surface area contributed by atoms with Crippen LogP contribution in [0.4, 0.5) is 0 Å². The summed E-state index contributed by atoms with van der Waals surface area (Å²) < 4.78 is 4.96. The number of carbonyl (C=O) groups is 2. The van der Waals surface area contributed by atoms with Gasteiger partial charge in [-0.3, -0.25) is 9.78 Å². The number of nitrogens with zero attached hydrogens (tertiary/aromatic N) is 1. The molecule has 0 atom stereocenters. The fourth-order valence-corrected chi connectivity index (χ4v) is 1.53. The molecule has 4 nitrogen and oxygen atoms in total. The molecule has 0 radical (unpaired) electrons. The first-order valence-electron chi connectivity index (χ1n) is 5.84. The van der Waals surface area contributed by atoms with Gasteiger partial charge < -0.3 is 4.74 Å². The number of esters is 1. The fraction of sp³-hybridized carbons (Fsp3) is 0.133. The van der Waals surface area contributed by atoms with Crippen LogP contribution in [0.25, 0.3) is 0 Å². The van der Waals surface area contributed by atoms with E-state index in [-0.39, 0.29) is 12.4 Å². The lowest BCUT2D eigenvalue weighted by atomic mass is 10.1. The molecular formula is C15H13NO3. The van der Waals surface area contributed by atoms with Crippen LogP contribution in [0, 0.1) is 6.92 Å². The Morgan fingerprint density at radius 1 is 1.00 bits per heavy atom. The van der Waals surface area contributed by atoms with Crippen LogP contribution in [0.2, 0.25) is 0 Å². The number of aromatic nitrogens is 1. The summed E-state index contributed by atoms with van der Waals surface area (Å²) in [5.74, 6) is -0.745. The molecule has 0 aliphatic rings. The summed E-state index contributed by atoms with van der Waals surface area (Å²) in [6.45, 7) is 1.68. The second-order valence-electron chi connectivity index (χ2n) is 4.10. The van der Waals surface area contributed by atoms with Gasteiger partial charge in [-0.05, 0) is 19.1 Å². The first kappa shape index (κ1) is 13.0. The van der Waals surface area contributed by atoms with E-state index in [0.717, 1.165) is 5.56 Å². The third-order valence-electron chi connectivity index (χ3n) is 2.62. The third-order valence-corrected chi connectivity index (χ3v) is 2.62. The minimum atomic E-state index is -0.525. The van der Waals surface area contributed by atoms with Crippen LogP contribution in [0.1, 0.15) is 26.3 Å². The molecule has 0 aliphatic carbocycles. The van der Waals surface area contributed by atoms with E-state index in [1.807, 2.05) is 19.1 Å². The molecule has 1 aromatic carbocycles. The van der Waals surface area contributed by atoms with Gasteiger partial charge in [-0.2, -0.15) is 0 Å². The van der Waals surface area contributed by atoms with Gasteiger partial charge in [-0.1, -0.05) is 29.8 Å². The van der Waals surface area contributed by atoms with E-state index < -0.39 is 5.97 Å². The monoisotopic (exact) mass is 255 g/mol. The summed E-state index contributed by atoms with van der Waals surface area (Å²) in [4.78, 5) is 27.2. The maximum atomic E-state index is 11.8. The number of ether oxygens (including phenoxy) is 1. The lowest BCUT2D eigenvalue weighted by Gasteiger charge is -2.04. The highest BCUT2D eigenvalue weighted by atomic mass is 16.5. The van der Waals surface area contributed by atoms with E-state index in [1.54, 1.807) is 24.3 Å². The lowest BCUT2D eigenvalue weighted by Crippen LogP contribution is -2.14. The summed E-state index contributed by atoms with van der Waals surface area (Å²) in [5, 5.41) is 0. The van der Waals surface area contributed by atoms with Gasteiger partial charge >= 0.3 is 5.97 Å². The van der Waals surface area contributed by atoms with Crippen LogP contribution in [-0.2, 0) is 4.74 Å². The Balaban J connectivity index is 1.94. The molecule has 0 fully saturated rings. The van der Waals surface area contributed by atoms with Gasteiger partial charge in [0.25, 0.3) is 0 Å². The van der Waals surface area contributed by atoms with Crippen LogP contribution < -0.4 is 0 Å². The number of carbonyl (C=O) groups excluding carboxylic acids is 2. The van der Waals surface area contributed by atoms with E-state index in [2.05, 4.69) is 4.98 Å². The first-order valence-corrected chi connectivity index (χ1v) is 5.84. The molecule has 1 heterocycles. The molecule has 0 N–H and O–H groups in total. The summed E-state index contributed by atoms with van der Waals surface area (Å²) in [6.07, 6.45) is 3.00. The van der Waals surface area contributed by atoms with Crippen molar-refractivity contribution in [2.45, 2.75) is 6.92 Å². The predicted molar refractivity (Wildman–Crippen MR) is 70.0 cm³/mol. The van der Waals surface area contributed by atoms with E-state index in [4.69, 9.17) is 4.74 Å². The van der Waals surface area contributed by atoms with Crippen LogP contribution in [0.5, 0.6) is 0 Å². The number of hydrogen-bond acceptors (Lipinski definition) is 4. The van der Waals surface area contributed by atoms with E-state index in [0.29, 0.717) is 11.1 Å². The predicted octanol–water partition coefficient (Wildman–Crippen LogP) is 2.43. The molecule has 0 aliphatic heterocycles. The van der Waals surface area contributed by atoms with Crippen LogP contribution in [0.15, 0.2) is 48.8 Å². The van der Waals surface area contributed by atoms with Crippen molar-refractivity contribution in [3.05, 3.63) is 65.5 Å². The fourth-order valence-electron chi connectivity index (χ4n) is 1.53. The molecular weight excluding hydrogens is 242 g/mol. The van der Waals surface area contributed by atoms with Crippen molar-refractivity contribution in [3.63, 3.8) is 0 Å². The van der Waals surface area contributed by atoms with Crippen LogP contribution in [-0.4, -0.2) is 23.3 Å². The number of pyridine rings is 1. The van der Waals surface area contributed by atoms with E-state index in [1.165, 1.54) is 12.4 Å². The quantitative estimate of drug-likeness (QED) is 0.622. The van der Waals surface area contributed by atoms with Gasteiger partial charge in [0.2, 0.25) is 0 Å². The SMILES string of the molecule is Cc1ccc(C(=O)COC(=O)c2ccncc2)cc1. The molecule has 0 saturated carbocycles. The number of hydrogen-bond donors (Lipinski definition) is 0. The number of aryl methyl sites for hydroxylation is 1. The molecule has 0 bridgehead atoms. The molecule has 0 unspecified atom stereocenters. The van der Waals surface area contributed by atoms with E-state index in [9.17, 15) is 9.59 Å². The average molecular weight is 255 g/mol. The number of Topliss-reactive ketones (excluding diaryl/α,β-unsaturated/α-hetero) is 1. The summed E-state index contributed by atoms with van der Waals surface area (Å²) in [5.41, 5.74) is 1.99. The summed E-state index contributed by atoms with van der Waals surface area (Å²) in [7, 11) is 0. The van der Waals surface area contributed by atoms with Crippen molar-refractivity contribution in [1.29, 1.82) is 0 Å². The largest absolute Gasteiger partial charge is 0.454 e. The van der Waals surface area contributed by atoms with Crippen molar-refractivity contribution < 1.29 is 14.3 Å². The van der Waals surface area contributed by atoms with E-state index >= 15 is 0 Å². The van der Waals surface area contributed by atoms with Crippen molar-refractivity contribution in [3.8, 4) is 0 Å². The first-order chi connectivity index (χ1) is 9.16. The van der Waals surface area contributed by atoms with Gasteiger partial charge in [0.05, 0.1) is 5.56 Å². The number of ketones is 1. The molecule has 0 amide bonds. The highest BCUT2D eigenvalue weighted by molar-refractivity contribution is 5.99. The smallest absolute Gasteiger partial charge is 0.338 e. The number of benzene rings is 1. The van der Waals surface area contributed by atoms with Crippen molar-refractivity contribution >= 4 is 11.8 Å². The minimum Gasteiger partial charge on any atom is -0.454 e. The Kier molecular flexibility index (Phi) is 4.03. The van der Waals surface area contributed by atoms with Gasteiger partial charge in [0, 0.05) is 18.0 Å². The lowest BCUT2D eigenvalue weighted by molar-refractivity contribution is 0.0474. The van der Waals surface area contributed by atoms with Crippen LogP contribution in [0.3, 0.4) is 0 Å². The maximum Gasteiger partial charge on any atom is 0.338 e.